The van der Waals surface area contributed by atoms with Gasteiger partial charge in [-0.05, 0) is 37.1 Å². The number of carbonyl (C=O) groups excluding carboxylic acids is 2. The highest BCUT2D eigenvalue weighted by atomic mass is 79.9. The number of ether oxygens (including phenoxy) is 1. The third-order valence-corrected chi connectivity index (χ3v) is 4.44. The molecule has 0 aliphatic rings. The zero-order valence-electron chi connectivity index (χ0n) is 14.0. The van der Waals surface area contributed by atoms with Gasteiger partial charge < -0.3 is 15.2 Å². The molecule has 0 aliphatic carbocycles. The molecule has 1 aromatic heterocycles. The average Bonchev–Trinajstić information content (AvgIpc) is 2.62. The Morgan fingerprint density at radius 3 is 2.73 bits per heavy atom. The van der Waals surface area contributed by atoms with Gasteiger partial charge in [0.2, 0.25) is 0 Å². The van der Waals surface area contributed by atoms with E-state index >= 15 is 0 Å². The molecule has 0 radical (unpaired) electrons. The van der Waals surface area contributed by atoms with Gasteiger partial charge in [-0.1, -0.05) is 45.7 Å². The summed E-state index contributed by atoms with van der Waals surface area (Å²) >= 11 is 9.43. The fourth-order valence-corrected chi connectivity index (χ4v) is 2.85. The number of carbonyl (C=O) groups is 2. The van der Waals surface area contributed by atoms with Crippen LogP contribution in [0.3, 0.4) is 0 Å². The molecule has 0 unspecified atom stereocenters. The Morgan fingerprint density at radius 1 is 1.35 bits per heavy atom. The van der Waals surface area contributed by atoms with Gasteiger partial charge in [0.05, 0.1) is 12.6 Å². The third kappa shape index (κ3) is 5.52. The number of halogens is 2. The van der Waals surface area contributed by atoms with E-state index in [1.807, 2.05) is 0 Å². The first-order valence-electron chi connectivity index (χ1n) is 7.93. The van der Waals surface area contributed by atoms with E-state index < -0.39 is 24.0 Å². The Hall–Kier alpha value is -1.96. The Morgan fingerprint density at radius 2 is 2.08 bits per heavy atom. The number of amides is 1. The van der Waals surface area contributed by atoms with Crippen molar-refractivity contribution in [2.75, 3.05) is 6.61 Å². The lowest BCUT2D eigenvalue weighted by Crippen LogP contribution is -2.49. The van der Waals surface area contributed by atoms with E-state index in [1.54, 1.807) is 43.3 Å². The SMILES string of the molecule is CCOC(=O)[C@H](O)[C@@H](Cc1ccccc1Cl)NC(=O)c1cc(Br)ccn1. The molecule has 2 aromatic rings. The van der Waals surface area contributed by atoms with E-state index in [0.717, 1.165) is 0 Å². The molecule has 6 nitrogen and oxygen atoms in total. The van der Waals surface area contributed by atoms with Crippen LogP contribution < -0.4 is 5.32 Å². The lowest BCUT2D eigenvalue weighted by Gasteiger charge is -2.23. The largest absolute Gasteiger partial charge is 0.464 e. The molecule has 0 fully saturated rings. The quantitative estimate of drug-likeness (QED) is 0.645. The lowest BCUT2D eigenvalue weighted by atomic mass is 10.0. The van der Waals surface area contributed by atoms with Crippen LogP contribution in [-0.4, -0.2) is 40.7 Å². The van der Waals surface area contributed by atoms with Crippen molar-refractivity contribution in [3.8, 4) is 0 Å². The first-order valence-corrected chi connectivity index (χ1v) is 9.10. The number of aliphatic hydroxyl groups excluding tert-OH is 1. The molecule has 2 N–H and O–H groups in total. The second kappa shape index (κ2) is 9.66. The van der Waals surface area contributed by atoms with Crippen LogP contribution in [0.2, 0.25) is 5.02 Å². The van der Waals surface area contributed by atoms with Gasteiger partial charge in [0.1, 0.15) is 5.69 Å². The second-order valence-electron chi connectivity index (χ2n) is 5.43. The predicted octanol–water partition coefficient (Wildman–Crippen LogP) is 2.76. The number of hydrogen-bond acceptors (Lipinski definition) is 5. The van der Waals surface area contributed by atoms with E-state index in [-0.39, 0.29) is 18.7 Å². The van der Waals surface area contributed by atoms with Crippen molar-refractivity contribution in [2.45, 2.75) is 25.5 Å². The Balaban J connectivity index is 2.23. The summed E-state index contributed by atoms with van der Waals surface area (Å²) in [5.41, 5.74) is 0.838. The van der Waals surface area contributed by atoms with Gasteiger partial charge in [-0.15, -0.1) is 0 Å². The maximum atomic E-state index is 12.5. The first kappa shape index (κ1) is 20.4. The maximum Gasteiger partial charge on any atom is 0.337 e. The number of pyridine rings is 1. The van der Waals surface area contributed by atoms with Gasteiger partial charge in [0.25, 0.3) is 5.91 Å². The molecule has 2 atom stereocenters. The molecular formula is C18H18BrClN2O4. The molecule has 138 valence electrons. The highest BCUT2D eigenvalue weighted by Crippen LogP contribution is 2.18. The van der Waals surface area contributed by atoms with Crippen molar-refractivity contribution >= 4 is 39.4 Å². The standard InChI is InChI=1S/C18H18BrClN2O4/c1-2-26-18(25)16(23)14(9-11-5-3-4-6-13(11)20)22-17(24)15-10-12(19)7-8-21-15/h3-8,10,14,16,23H,2,9H2,1H3,(H,22,24)/t14-,16-/m1/s1. The van der Waals surface area contributed by atoms with Gasteiger partial charge in [-0.25, -0.2) is 4.79 Å². The number of hydrogen-bond donors (Lipinski definition) is 2. The van der Waals surface area contributed by atoms with Crippen LogP contribution in [0.5, 0.6) is 0 Å². The molecule has 1 heterocycles. The topological polar surface area (TPSA) is 88.5 Å². The minimum atomic E-state index is -1.54. The molecule has 0 bridgehead atoms. The number of esters is 1. The molecule has 0 saturated heterocycles. The van der Waals surface area contributed by atoms with Gasteiger partial charge in [0.15, 0.2) is 6.10 Å². The summed E-state index contributed by atoms with van der Waals surface area (Å²) in [4.78, 5) is 28.4. The highest BCUT2D eigenvalue weighted by Gasteiger charge is 2.30. The third-order valence-electron chi connectivity index (χ3n) is 3.58. The molecule has 8 heteroatoms. The number of nitrogens with zero attached hydrogens (tertiary/aromatic N) is 1. The van der Waals surface area contributed by atoms with Gasteiger partial charge >= 0.3 is 5.97 Å². The van der Waals surface area contributed by atoms with E-state index in [9.17, 15) is 14.7 Å². The number of aliphatic hydroxyl groups is 1. The molecular weight excluding hydrogens is 424 g/mol. The van der Waals surface area contributed by atoms with E-state index in [1.165, 1.54) is 6.20 Å². The van der Waals surface area contributed by atoms with Crippen molar-refractivity contribution in [2.24, 2.45) is 0 Å². The fourth-order valence-electron chi connectivity index (χ4n) is 2.31. The molecule has 1 aromatic carbocycles. The summed E-state index contributed by atoms with van der Waals surface area (Å²) in [5.74, 6) is -1.33. The van der Waals surface area contributed by atoms with Crippen LogP contribution in [0.25, 0.3) is 0 Å². The first-order chi connectivity index (χ1) is 12.4. The Bertz CT molecular complexity index is 787. The summed E-state index contributed by atoms with van der Waals surface area (Å²) in [6.07, 6.45) is 0.0887. The van der Waals surface area contributed by atoms with Crippen LogP contribution in [0, 0.1) is 0 Å². The van der Waals surface area contributed by atoms with Crippen molar-refractivity contribution < 1.29 is 19.4 Å². The zero-order chi connectivity index (χ0) is 19.1. The Labute approximate surface area is 164 Å². The summed E-state index contributed by atoms with van der Waals surface area (Å²) in [5, 5.41) is 13.5. The van der Waals surface area contributed by atoms with Crippen LogP contribution in [-0.2, 0) is 16.0 Å². The fraction of sp³-hybridized carbons (Fsp3) is 0.278. The van der Waals surface area contributed by atoms with Crippen LogP contribution >= 0.6 is 27.5 Å². The summed E-state index contributed by atoms with van der Waals surface area (Å²) < 4.78 is 5.55. The number of aromatic nitrogens is 1. The minimum absolute atomic E-state index is 0.121. The van der Waals surface area contributed by atoms with Gasteiger partial charge in [0, 0.05) is 15.7 Å². The van der Waals surface area contributed by atoms with E-state index in [4.69, 9.17) is 16.3 Å². The van der Waals surface area contributed by atoms with Crippen molar-refractivity contribution in [1.82, 2.24) is 10.3 Å². The van der Waals surface area contributed by atoms with Crippen molar-refractivity contribution in [3.63, 3.8) is 0 Å². The number of benzene rings is 1. The van der Waals surface area contributed by atoms with Crippen LogP contribution in [0.15, 0.2) is 47.1 Å². The smallest absolute Gasteiger partial charge is 0.337 e. The average molecular weight is 442 g/mol. The number of nitrogens with one attached hydrogen (secondary N) is 1. The minimum Gasteiger partial charge on any atom is -0.464 e. The molecule has 26 heavy (non-hydrogen) atoms. The summed E-state index contributed by atoms with van der Waals surface area (Å²) in [6.45, 7) is 1.76. The van der Waals surface area contributed by atoms with Gasteiger partial charge in [-0.3, -0.25) is 9.78 Å². The Kier molecular flexibility index (Phi) is 7.56. The summed E-state index contributed by atoms with van der Waals surface area (Å²) in [6, 6.07) is 9.31. The second-order valence-corrected chi connectivity index (χ2v) is 6.75. The molecule has 0 spiro atoms. The highest BCUT2D eigenvalue weighted by molar-refractivity contribution is 9.10. The van der Waals surface area contributed by atoms with E-state index in [2.05, 4.69) is 26.2 Å². The lowest BCUT2D eigenvalue weighted by molar-refractivity contribution is -0.154. The van der Waals surface area contributed by atoms with Crippen LogP contribution in [0.1, 0.15) is 23.0 Å². The van der Waals surface area contributed by atoms with Gasteiger partial charge in [-0.2, -0.15) is 0 Å². The molecule has 2 rings (SSSR count). The normalized spacial score (nSPS) is 12.9. The predicted molar refractivity (Wildman–Crippen MR) is 101 cm³/mol. The zero-order valence-corrected chi connectivity index (χ0v) is 16.3. The molecule has 1 amide bonds. The molecule has 0 saturated carbocycles. The van der Waals surface area contributed by atoms with E-state index in [0.29, 0.717) is 15.1 Å². The maximum absolute atomic E-state index is 12.5. The summed E-state index contributed by atoms with van der Waals surface area (Å²) in [7, 11) is 0. The number of rotatable bonds is 7. The monoisotopic (exact) mass is 440 g/mol. The van der Waals surface area contributed by atoms with Crippen molar-refractivity contribution in [1.29, 1.82) is 0 Å². The van der Waals surface area contributed by atoms with Crippen molar-refractivity contribution in [3.05, 3.63) is 63.3 Å². The molecule has 0 aliphatic heterocycles. The van der Waals surface area contributed by atoms with Crippen LogP contribution in [0.4, 0.5) is 0 Å².